The van der Waals surface area contributed by atoms with Gasteiger partial charge in [0.1, 0.15) is 5.58 Å². The molecule has 3 heterocycles. The van der Waals surface area contributed by atoms with Crippen LogP contribution in [-0.4, -0.2) is 18.0 Å². The Bertz CT molecular complexity index is 1850. The zero-order valence-corrected chi connectivity index (χ0v) is 29.8. The Labute approximate surface area is 271 Å². The van der Waals surface area contributed by atoms with Crippen molar-refractivity contribution in [3.8, 4) is 22.5 Å². The van der Waals surface area contributed by atoms with E-state index in [9.17, 15) is 0 Å². The molecule has 3 nitrogen and oxygen atoms in total. The third kappa shape index (κ3) is 7.41. The van der Waals surface area contributed by atoms with E-state index < -0.39 is 8.07 Å². The number of aryl methyl sites for hydroxylation is 1. The van der Waals surface area contributed by atoms with Crippen molar-refractivity contribution in [3.05, 3.63) is 114 Å². The summed E-state index contributed by atoms with van der Waals surface area (Å²) in [4.78, 5) is 9.05. The molecule has 0 atom stereocenters. The molecule has 43 heavy (non-hydrogen) atoms. The summed E-state index contributed by atoms with van der Waals surface area (Å²) < 4.78 is 6.42. The Morgan fingerprint density at radius 2 is 1.58 bits per heavy atom. The van der Waals surface area contributed by atoms with Gasteiger partial charge >= 0.3 is 0 Å². The Balaban J connectivity index is 0.000000253. The van der Waals surface area contributed by atoms with E-state index in [4.69, 9.17) is 9.40 Å². The number of fused-ring (bicyclic) bond motifs is 3. The molecule has 0 aliphatic heterocycles. The fraction of sp³-hybridized carbons (Fsp3) is 0.263. The Morgan fingerprint density at radius 1 is 0.860 bits per heavy atom. The van der Waals surface area contributed by atoms with Gasteiger partial charge in [-0.15, -0.1) is 53.2 Å². The van der Waals surface area contributed by atoms with Crippen LogP contribution in [0.1, 0.15) is 37.5 Å². The van der Waals surface area contributed by atoms with Crippen LogP contribution in [0.15, 0.2) is 89.6 Å². The first-order valence-electron chi connectivity index (χ1n) is 14.6. The molecule has 0 amide bonds. The number of hydrogen-bond donors (Lipinski definition) is 0. The average molecular weight is 761 g/mol. The molecule has 0 saturated heterocycles. The second-order valence-corrected chi connectivity index (χ2v) is 18.3. The first kappa shape index (κ1) is 32.5. The molecule has 0 N–H and O–H groups in total. The van der Waals surface area contributed by atoms with Crippen molar-refractivity contribution in [2.75, 3.05) is 0 Å². The molecular weight excluding hydrogens is 721 g/mol. The van der Waals surface area contributed by atoms with Crippen LogP contribution in [0.4, 0.5) is 0 Å². The van der Waals surface area contributed by atoms with E-state index in [-0.39, 0.29) is 25.5 Å². The topological polar surface area (TPSA) is 38.9 Å². The van der Waals surface area contributed by atoms with Crippen molar-refractivity contribution < 1.29 is 24.5 Å². The summed E-state index contributed by atoms with van der Waals surface area (Å²) in [5, 5.41) is 3.83. The Hall–Kier alpha value is -3.37. The van der Waals surface area contributed by atoms with Gasteiger partial charge in [-0.25, -0.2) is 0 Å². The zero-order chi connectivity index (χ0) is 30.1. The fourth-order valence-corrected chi connectivity index (χ4v) is 6.87. The van der Waals surface area contributed by atoms with E-state index in [1.165, 1.54) is 32.6 Å². The van der Waals surface area contributed by atoms with Crippen LogP contribution in [0, 0.1) is 31.4 Å². The van der Waals surface area contributed by atoms with Gasteiger partial charge in [-0.2, -0.15) is 0 Å². The summed E-state index contributed by atoms with van der Waals surface area (Å²) in [5.41, 5.74) is 9.87. The summed E-state index contributed by atoms with van der Waals surface area (Å²) in [5.74, 6) is 0. The molecule has 0 aliphatic rings. The van der Waals surface area contributed by atoms with Crippen molar-refractivity contribution >= 4 is 35.2 Å². The molecule has 0 bridgehead atoms. The summed E-state index contributed by atoms with van der Waals surface area (Å²) in [7, 11) is -1.57. The number of para-hydroxylation sites is 1. The maximum atomic E-state index is 6.42. The zero-order valence-electron chi connectivity index (χ0n) is 26.4. The van der Waals surface area contributed by atoms with Crippen molar-refractivity contribution in [2.45, 2.75) is 60.7 Å². The van der Waals surface area contributed by atoms with E-state index in [0.717, 1.165) is 40.1 Å². The smallest absolute Gasteiger partial charge is 0.120 e. The second kappa shape index (κ2) is 13.1. The van der Waals surface area contributed by atoms with Crippen molar-refractivity contribution in [2.24, 2.45) is 5.41 Å². The fourth-order valence-electron chi connectivity index (χ4n) is 5.37. The van der Waals surface area contributed by atoms with Crippen LogP contribution in [-0.2, 0) is 26.5 Å². The quantitative estimate of drug-likeness (QED) is 0.133. The van der Waals surface area contributed by atoms with Crippen molar-refractivity contribution in [3.63, 3.8) is 0 Å². The minimum atomic E-state index is -1.57. The largest absolute Gasteiger partial charge is 0.501 e. The van der Waals surface area contributed by atoms with Crippen molar-refractivity contribution in [1.82, 2.24) is 9.97 Å². The molecule has 0 unspecified atom stereocenters. The molecule has 1 radical (unpaired) electrons. The van der Waals surface area contributed by atoms with E-state index in [1.54, 1.807) is 0 Å². The van der Waals surface area contributed by atoms with Gasteiger partial charge in [-0.3, -0.25) is 0 Å². The van der Waals surface area contributed by atoms with Crippen LogP contribution in [0.2, 0.25) is 19.6 Å². The predicted octanol–water partition coefficient (Wildman–Crippen LogP) is 9.75. The van der Waals surface area contributed by atoms with Crippen LogP contribution in [0.5, 0.6) is 0 Å². The Kier molecular flexibility index (Phi) is 9.91. The van der Waals surface area contributed by atoms with Gasteiger partial charge < -0.3 is 14.4 Å². The molecule has 6 aromatic rings. The normalized spacial score (nSPS) is 11.6. The van der Waals surface area contributed by atoms with Crippen LogP contribution < -0.4 is 5.19 Å². The molecular formula is C38H40IrN2OSi-2. The molecule has 223 valence electrons. The number of pyridine rings is 2. The molecule has 3 aromatic carbocycles. The van der Waals surface area contributed by atoms with Crippen LogP contribution in [0.3, 0.4) is 0 Å². The molecule has 0 fully saturated rings. The van der Waals surface area contributed by atoms with Crippen LogP contribution in [0.25, 0.3) is 44.5 Å². The molecule has 0 aliphatic carbocycles. The molecule has 5 heteroatoms. The van der Waals surface area contributed by atoms with Gasteiger partial charge in [-0.1, -0.05) is 92.3 Å². The average Bonchev–Trinajstić information content (AvgIpc) is 3.33. The molecule has 0 saturated carbocycles. The minimum Gasteiger partial charge on any atom is -0.501 e. The van der Waals surface area contributed by atoms with E-state index in [0.29, 0.717) is 0 Å². The van der Waals surface area contributed by atoms with E-state index >= 15 is 0 Å². The van der Waals surface area contributed by atoms with Gasteiger partial charge in [-0.05, 0) is 55.3 Å². The third-order valence-electron chi connectivity index (χ3n) is 7.44. The first-order chi connectivity index (χ1) is 19.9. The number of benzene rings is 3. The number of rotatable bonds is 4. The van der Waals surface area contributed by atoms with Gasteiger partial charge in [0.15, 0.2) is 0 Å². The van der Waals surface area contributed by atoms with E-state index in [1.807, 2.05) is 48.8 Å². The molecule has 3 aromatic heterocycles. The number of nitrogens with zero attached hydrogens (tertiary/aromatic N) is 2. The van der Waals surface area contributed by atoms with Gasteiger partial charge in [0.25, 0.3) is 0 Å². The maximum Gasteiger partial charge on any atom is 0.120 e. The summed E-state index contributed by atoms with van der Waals surface area (Å²) in [6.07, 6.45) is 4.77. The maximum absolute atomic E-state index is 6.42. The van der Waals surface area contributed by atoms with Gasteiger partial charge in [0.2, 0.25) is 0 Å². The van der Waals surface area contributed by atoms with Crippen LogP contribution >= 0.6 is 0 Å². The SMILES string of the molecule is Cc1c(CC(C)(C)C)ccnc1-c1[c-]cc([Si](C)(C)C)c2c1oc1ccccc12.Cc1ccnc(-c2[c-]cccc2)c1.[Ir]. The first-order valence-corrected chi connectivity index (χ1v) is 18.1. The van der Waals surface area contributed by atoms with Crippen molar-refractivity contribution in [1.29, 1.82) is 0 Å². The number of furan rings is 1. The standard InChI is InChI=1S/C26H30NOSi.C12H10N.Ir/c1-17-18(16-26(2,3)4)14-15-27-24(17)20-12-13-22(29(5,6)7)23-19-10-8-9-11-21(19)28-25(20)23;1-10-7-8-13-12(9-10)11-5-3-2-4-6-11;/h8-11,13-15H,16H2,1-7H3;2-5,7-9H,1H3;/q2*-1;. The minimum absolute atomic E-state index is 0. The summed E-state index contributed by atoms with van der Waals surface area (Å²) in [6, 6.07) is 31.4. The third-order valence-corrected chi connectivity index (χ3v) is 9.45. The Morgan fingerprint density at radius 3 is 2.26 bits per heavy atom. The monoisotopic (exact) mass is 761 g/mol. The van der Waals surface area contributed by atoms with Gasteiger partial charge in [0, 0.05) is 46.0 Å². The molecule has 0 spiro atoms. The second-order valence-electron chi connectivity index (χ2n) is 13.3. The van der Waals surface area contributed by atoms with Gasteiger partial charge in [0.05, 0.1) is 5.58 Å². The number of hydrogen-bond acceptors (Lipinski definition) is 3. The number of aromatic nitrogens is 2. The van der Waals surface area contributed by atoms with E-state index in [2.05, 4.69) is 108 Å². The summed E-state index contributed by atoms with van der Waals surface area (Å²) in [6.45, 7) is 18.2. The predicted molar refractivity (Wildman–Crippen MR) is 180 cm³/mol. The molecule has 6 rings (SSSR count). The summed E-state index contributed by atoms with van der Waals surface area (Å²) >= 11 is 0.